The number of carbonyl (C=O) groups excluding carboxylic acids is 2. The molecule has 0 spiro atoms. The zero-order chi connectivity index (χ0) is 12.1. The molecule has 1 aliphatic carbocycles. The number of rotatable bonds is 4. The van der Waals surface area contributed by atoms with Gasteiger partial charge in [0.25, 0.3) is 0 Å². The molecule has 0 aromatic heterocycles. The molecule has 1 aliphatic heterocycles. The van der Waals surface area contributed by atoms with Crippen molar-refractivity contribution < 1.29 is 9.59 Å². The molecule has 3 heteroatoms. The molecule has 2 rings (SSSR count). The van der Waals surface area contributed by atoms with Crippen molar-refractivity contribution in [2.24, 2.45) is 5.92 Å². The van der Waals surface area contributed by atoms with E-state index >= 15 is 0 Å². The van der Waals surface area contributed by atoms with Crippen LogP contribution in [-0.2, 0) is 9.59 Å². The molecule has 17 heavy (non-hydrogen) atoms. The lowest BCUT2D eigenvalue weighted by molar-refractivity contribution is -0.136. The number of nitrogens with zero attached hydrogens (tertiary/aromatic N) is 1. The molecule has 0 aromatic rings. The number of hydrogen-bond donors (Lipinski definition) is 0. The summed E-state index contributed by atoms with van der Waals surface area (Å²) in [5.41, 5.74) is 0. The largest absolute Gasteiger partial charge is 0.342 e. The molecular weight excluding hydrogens is 214 g/mol. The molecule has 96 valence electrons. The van der Waals surface area contributed by atoms with Crippen LogP contribution >= 0.6 is 0 Å². The van der Waals surface area contributed by atoms with Crippen LogP contribution in [0, 0.1) is 5.92 Å². The van der Waals surface area contributed by atoms with Gasteiger partial charge in [0.2, 0.25) is 5.91 Å². The Morgan fingerprint density at radius 1 is 0.941 bits per heavy atom. The third kappa shape index (κ3) is 3.83. The smallest absolute Gasteiger partial charge is 0.230 e. The first kappa shape index (κ1) is 12.6. The SMILES string of the molecule is O=C(CC(=O)N1CCCCC1)CC1CCCC1. The van der Waals surface area contributed by atoms with Crippen LogP contribution < -0.4 is 0 Å². The van der Waals surface area contributed by atoms with Gasteiger partial charge in [-0.3, -0.25) is 9.59 Å². The van der Waals surface area contributed by atoms with Crippen LogP contribution in [0.4, 0.5) is 0 Å². The van der Waals surface area contributed by atoms with E-state index in [1.54, 1.807) is 0 Å². The van der Waals surface area contributed by atoms with Gasteiger partial charge >= 0.3 is 0 Å². The Kier molecular flexibility index (Phi) is 4.57. The number of carbonyl (C=O) groups is 2. The fraction of sp³-hybridized carbons (Fsp3) is 0.857. The summed E-state index contributed by atoms with van der Waals surface area (Å²) in [7, 11) is 0. The highest BCUT2D eigenvalue weighted by molar-refractivity contribution is 5.98. The summed E-state index contributed by atoms with van der Waals surface area (Å²) < 4.78 is 0. The molecule has 1 saturated carbocycles. The van der Waals surface area contributed by atoms with E-state index < -0.39 is 0 Å². The van der Waals surface area contributed by atoms with Gasteiger partial charge in [-0.15, -0.1) is 0 Å². The van der Waals surface area contributed by atoms with Gasteiger partial charge in [0.1, 0.15) is 5.78 Å². The Labute approximate surface area is 104 Å². The lowest BCUT2D eigenvalue weighted by atomic mass is 9.99. The van der Waals surface area contributed by atoms with Gasteiger partial charge in [-0.05, 0) is 25.2 Å². The van der Waals surface area contributed by atoms with Crippen LogP contribution in [0.2, 0.25) is 0 Å². The van der Waals surface area contributed by atoms with Crippen LogP contribution in [0.1, 0.15) is 57.8 Å². The second kappa shape index (κ2) is 6.18. The second-order valence-electron chi connectivity index (χ2n) is 5.51. The Balaban J connectivity index is 1.71. The number of ketones is 1. The summed E-state index contributed by atoms with van der Waals surface area (Å²) in [5, 5.41) is 0. The van der Waals surface area contributed by atoms with E-state index in [4.69, 9.17) is 0 Å². The van der Waals surface area contributed by atoms with E-state index in [1.807, 2.05) is 4.90 Å². The zero-order valence-corrected chi connectivity index (χ0v) is 10.6. The molecule has 0 unspecified atom stereocenters. The number of Topliss-reactive ketones (excluding diaryl/α,β-unsaturated/α-hetero) is 1. The first-order valence-electron chi connectivity index (χ1n) is 7.05. The second-order valence-corrected chi connectivity index (χ2v) is 5.51. The summed E-state index contributed by atoms with van der Waals surface area (Å²) in [4.78, 5) is 25.6. The Hall–Kier alpha value is -0.860. The lowest BCUT2D eigenvalue weighted by Crippen LogP contribution is -2.36. The van der Waals surface area contributed by atoms with Crippen LogP contribution in [-0.4, -0.2) is 29.7 Å². The lowest BCUT2D eigenvalue weighted by Gasteiger charge is -2.26. The van der Waals surface area contributed by atoms with E-state index in [0.717, 1.165) is 25.9 Å². The maximum Gasteiger partial charge on any atom is 0.230 e. The van der Waals surface area contributed by atoms with Gasteiger partial charge in [0.15, 0.2) is 0 Å². The molecule has 1 heterocycles. The monoisotopic (exact) mass is 237 g/mol. The van der Waals surface area contributed by atoms with Gasteiger partial charge in [0, 0.05) is 19.5 Å². The fourth-order valence-corrected chi connectivity index (χ4v) is 3.03. The third-order valence-corrected chi connectivity index (χ3v) is 4.05. The zero-order valence-electron chi connectivity index (χ0n) is 10.6. The maximum atomic E-state index is 11.9. The Morgan fingerprint density at radius 3 is 2.24 bits per heavy atom. The van der Waals surface area contributed by atoms with Gasteiger partial charge in [-0.1, -0.05) is 25.7 Å². The van der Waals surface area contributed by atoms with E-state index in [9.17, 15) is 9.59 Å². The minimum Gasteiger partial charge on any atom is -0.342 e. The quantitative estimate of drug-likeness (QED) is 0.705. The standard InChI is InChI=1S/C14H23NO2/c16-13(10-12-6-2-3-7-12)11-14(17)15-8-4-1-5-9-15/h12H,1-11H2. The van der Waals surface area contributed by atoms with Crippen molar-refractivity contribution in [3.8, 4) is 0 Å². The average Bonchev–Trinajstić information content (AvgIpc) is 2.82. The van der Waals surface area contributed by atoms with Crippen molar-refractivity contribution >= 4 is 11.7 Å². The molecule has 0 radical (unpaired) electrons. The topological polar surface area (TPSA) is 37.4 Å². The fourth-order valence-electron chi connectivity index (χ4n) is 3.03. The summed E-state index contributed by atoms with van der Waals surface area (Å²) in [6, 6.07) is 0. The first-order chi connectivity index (χ1) is 8.25. The summed E-state index contributed by atoms with van der Waals surface area (Å²) in [6.45, 7) is 1.71. The number of hydrogen-bond acceptors (Lipinski definition) is 2. The predicted octanol–water partition coefficient (Wildman–Crippen LogP) is 2.54. The van der Waals surface area contributed by atoms with Gasteiger partial charge in [0.05, 0.1) is 6.42 Å². The third-order valence-electron chi connectivity index (χ3n) is 4.05. The van der Waals surface area contributed by atoms with E-state index in [1.165, 1.54) is 32.1 Å². The molecule has 2 aliphatic rings. The molecule has 0 atom stereocenters. The maximum absolute atomic E-state index is 11.9. The number of piperidine rings is 1. The first-order valence-corrected chi connectivity index (χ1v) is 7.05. The number of likely N-dealkylation sites (tertiary alicyclic amines) is 1. The Bertz CT molecular complexity index is 276. The Morgan fingerprint density at radius 2 is 1.59 bits per heavy atom. The molecular formula is C14H23NO2. The van der Waals surface area contributed by atoms with E-state index in [0.29, 0.717) is 12.3 Å². The summed E-state index contributed by atoms with van der Waals surface area (Å²) >= 11 is 0. The van der Waals surface area contributed by atoms with Crippen LogP contribution in [0.25, 0.3) is 0 Å². The highest BCUT2D eigenvalue weighted by Crippen LogP contribution is 2.28. The highest BCUT2D eigenvalue weighted by atomic mass is 16.2. The van der Waals surface area contributed by atoms with Gasteiger partial charge in [-0.25, -0.2) is 0 Å². The summed E-state index contributed by atoms with van der Waals surface area (Å²) in [5.74, 6) is 0.789. The minimum absolute atomic E-state index is 0.0627. The van der Waals surface area contributed by atoms with Gasteiger partial charge < -0.3 is 4.90 Å². The molecule has 3 nitrogen and oxygen atoms in total. The van der Waals surface area contributed by atoms with Crippen molar-refractivity contribution in [1.29, 1.82) is 0 Å². The minimum atomic E-state index is 0.0627. The van der Waals surface area contributed by atoms with E-state index in [2.05, 4.69) is 0 Å². The molecule has 1 amide bonds. The van der Waals surface area contributed by atoms with Crippen molar-refractivity contribution in [3.05, 3.63) is 0 Å². The van der Waals surface area contributed by atoms with Crippen molar-refractivity contribution in [1.82, 2.24) is 4.90 Å². The molecule has 0 bridgehead atoms. The van der Waals surface area contributed by atoms with Crippen LogP contribution in [0.5, 0.6) is 0 Å². The average molecular weight is 237 g/mol. The normalized spacial score (nSPS) is 21.8. The molecule has 0 N–H and O–H groups in total. The highest BCUT2D eigenvalue weighted by Gasteiger charge is 2.22. The van der Waals surface area contributed by atoms with Crippen LogP contribution in [0.3, 0.4) is 0 Å². The van der Waals surface area contributed by atoms with Crippen molar-refractivity contribution in [3.63, 3.8) is 0 Å². The van der Waals surface area contributed by atoms with Crippen molar-refractivity contribution in [2.75, 3.05) is 13.1 Å². The van der Waals surface area contributed by atoms with Gasteiger partial charge in [-0.2, -0.15) is 0 Å². The molecule has 1 saturated heterocycles. The van der Waals surface area contributed by atoms with Crippen LogP contribution in [0.15, 0.2) is 0 Å². The summed E-state index contributed by atoms with van der Waals surface area (Å²) in [6.07, 6.45) is 9.10. The predicted molar refractivity (Wildman–Crippen MR) is 66.6 cm³/mol. The van der Waals surface area contributed by atoms with E-state index in [-0.39, 0.29) is 18.1 Å². The van der Waals surface area contributed by atoms with Crippen molar-refractivity contribution in [2.45, 2.75) is 57.8 Å². The molecule has 0 aromatic carbocycles. The number of amides is 1. The molecule has 2 fully saturated rings.